The Morgan fingerprint density at radius 3 is 2.52 bits per heavy atom. The molecule has 3 heteroatoms. The maximum Gasteiger partial charge on any atom is 0.0681 e. The van der Waals surface area contributed by atoms with Gasteiger partial charge in [-0.1, -0.05) is 30.7 Å². The van der Waals surface area contributed by atoms with Crippen molar-refractivity contribution < 1.29 is 9.84 Å². The molecule has 2 saturated carbocycles. The van der Waals surface area contributed by atoms with Crippen LogP contribution in [-0.2, 0) is 17.8 Å². The Morgan fingerprint density at radius 1 is 1.24 bits per heavy atom. The van der Waals surface area contributed by atoms with Gasteiger partial charge in [-0.25, -0.2) is 0 Å². The van der Waals surface area contributed by atoms with E-state index in [2.05, 4.69) is 24.4 Å². The van der Waals surface area contributed by atoms with Crippen LogP contribution >= 0.6 is 0 Å². The van der Waals surface area contributed by atoms with Gasteiger partial charge in [0.05, 0.1) is 12.7 Å². The van der Waals surface area contributed by atoms with Gasteiger partial charge in [-0.3, -0.25) is 0 Å². The van der Waals surface area contributed by atoms with E-state index in [1.165, 1.54) is 31.2 Å². The van der Waals surface area contributed by atoms with E-state index in [9.17, 15) is 0 Å². The summed E-state index contributed by atoms with van der Waals surface area (Å²) in [5.41, 5.74) is 2.78. The van der Waals surface area contributed by atoms with Gasteiger partial charge in [-0.05, 0) is 50.3 Å². The topological polar surface area (TPSA) is 41.5 Å². The highest BCUT2D eigenvalue weighted by Gasteiger charge is 2.58. The second-order valence-corrected chi connectivity index (χ2v) is 6.50. The normalized spacial score (nSPS) is 26.4. The summed E-state index contributed by atoms with van der Waals surface area (Å²) < 4.78 is 5.89. The SMILES string of the molecule is CCOC1CC(NCCc2ccc(CO)cc2)C12CCC2. The Kier molecular flexibility index (Phi) is 4.63. The molecule has 0 radical (unpaired) electrons. The molecule has 1 aromatic rings. The van der Waals surface area contributed by atoms with Crippen LogP contribution in [0.4, 0.5) is 0 Å². The fourth-order valence-electron chi connectivity index (χ4n) is 3.93. The van der Waals surface area contributed by atoms with Crippen LogP contribution in [0.15, 0.2) is 24.3 Å². The number of aliphatic hydroxyl groups excluding tert-OH is 1. The Hall–Kier alpha value is -0.900. The first-order valence-electron chi connectivity index (χ1n) is 8.32. The average molecular weight is 289 g/mol. The van der Waals surface area contributed by atoms with E-state index in [0.29, 0.717) is 17.6 Å². The van der Waals surface area contributed by atoms with E-state index >= 15 is 0 Å². The Labute approximate surface area is 127 Å². The average Bonchev–Trinajstić information content (AvgIpc) is 2.44. The van der Waals surface area contributed by atoms with Crippen molar-refractivity contribution in [1.29, 1.82) is 0 Å². The van der Waals surface area contributed by atoms with Crippen LogP contribution in [0.3, 0.4) is 0 Å². The summed E-state index contributed by atoms with van der Waals surface area (Å²) in [6.07, 6.45) is 6.76. The van der Waals surface area contributed by atoms with Crippen molar-refractivity contribution in [2.24, 2.45) is 5.41 Å². The third-order valence-corrected chi connectivity index (χ3v) is 5.45. The standard InChI is InChI=1S/C18H27NO2/c1-2-21-17-12-16(18(17)9-3-10-18)19-11-8-14-4-6-15(13-20)7-5-14/h4-7,16-17,19-20H,2-3,8-13H2,1H3. The summed E-state index contributed by atoms with van der Waals surface area (Å²) in [7, 11) is 0. The van der Waals surface area contributed by atoms with Crippen LogP contribution in [0, 0.1) is 5.41 Å². The molecule has 0 aliphatic heterocycles. The van der Waals surface area contributed by atoms with Crippen molar-refractivity contribution in [1.82, 2.24) is 5.32 Å². The molecule has 2 aliphatic rings. The first-order valence-corrected chi connectivity index (χ1v) is 8.32. The summed E-state index contributed by atoms with van der Waals surface area (Å²) in [5.74, 6) is 0. The van der Waals surface area contributed by atoms with Gasteiger partial charge in [0.25, 0.3) is 0 Å². The van der Waals surface area contributed by atoms with Crippen LogP contribution < -0.4 is 5.32 Å². The van der Waals surface area contributed by atoms with Crippen molar-refractivity contribution >= 4 is 0 Å². The van der Waals surface area contributed by atoms with Gasteiger partial charge in [-0.15, -0.1) is 0 Å². The van der Waals surface area contributed by atoms with Crippen molar-refractivity contribution in [2.75, 3.05) is 13.2 Å². The van der Waals surface area contributed by atoms with Crippen LogP contribution in [0.2, 0.25) is 0 Å². The number of hydrogen-bond donors (Lipinski definition) is 2. The highest BCUT2D eigenvalue weighted by atomic mass is 16.5. The highest BCUT2D eigenvalue weighted by molar-refractivity contribution is 5.22. The maximum absolute atomic E-state index is 9.05. The van der Waals surface area contributed by atoms with Crippen molar-refractivity contribution in [3.8, 4) is 0 Å². The van der Waals surface area contributed by atoms with Crippen LogP contribution in [-0.4, -0.2) is 30.4 Å². The predicted octanol–water partition coefficient (Wildman–Crippen LogP) is 2.66. The summed E-state index contributed by atoms with van der Waals surface area (Å²) in [4.78, 5) is 0. The Morgan fingerprint density at radius 2 is 1.95 bits per heavy atom. The lowest BCUT2D eigenvalue weighted by molar-refractivity contribution is -0.172. The first kappa shape index (κ1) is 15.0. The zero-order chi connectivity index (χ0) is 14.7. The molecule has 0 bridgehead atoms. The van der Waals surface area contributed by atoms with Gasteiger partial charge < -0.3 is 15.2 Å². The summed E-state index contributed by atoms with van der Waals surface area (Å²) in [5, 5.41) is 12.8. The van der Waals surface area contributed by atoms with Crippen molar-refractivity contribution in [3.63, 3.8) is 0 Å². The molecule has 0 saturated heterocycles. The Balaban J connectivity index is 1.45. The van der Waals surface area contributed by atoms with E-state index in [0.717, 1.165) is 25.1 Å². The minimum Gasteiger partial charge on any atom is -0.392 e. The number of nitrogens with one attached hydrogen (secondary N) is 1. The maximum atomic E-state index is 9.05. The number of benzene rings is 1. The minimum atomic E-state index is 0.127. The van der Waals surface area contributed by atoms with Gasteiger partial charge in [0.1, 0.15) is 0 Å². The lowest BCUT2D eigenvalue weighted by Gasteiger charge is -2.61. The summed E-state index contributed by atoms with van der Waals surface area (Å²) >= 11 is 0. The number of ether oxygens (including phenoxy) is 1. The van der Waals surface area contributed by atoms with Crippen molar-refractivity contribution in [2.45, 2.75) is 57.8 Å². The fourth-order valence-corrected chi connectivity index (χ4v) is 3.93. The molecule has 0 heterocycles. The van der Waals surface area contributed by atoms with E-state index in [1.807, 2.05) is 12.1 Å². The van der Waals surface area contributed by atoms with E-state index in [4.69, 9.17) is 9.84 Å². The quantitative estimate of drug-likeness (QED) is 0.811. The van der Waals surface area contributed by atoms with Crippen LogP contribution in [0.25, 0.3) is 0 Å². The van der Waals surface area contributed by atoms with E-state index in [-0.39, 0.29) is 6.61 Å². The molecule has 1 spiro atoms. The van der Waals surface area contributed by atoms with Gasteiger partial charge >= 0.3 is 0 Å². The third kappa shape index (κ3) is 2.87. The zero-order valence-corrected chi connectivity index (χ0v) is 13.0. The molecule has 2 N–H and O–H groups in total. The lowest BCUT2D eigenvalue weighted by atomic mass is 9.51. The molecule has 2 aliphatic carbocycles. The monoisotopic (exact) mass is 289 g/mol. The number of rotatable bonds is 7. The smallest absolute Gasteiger partial charge is 0.0681 e. The summed E-state index contributed by atoms with van der Waals surface area (Å²) in [6, 6.07) is 8.92. The summed E-state index contributed by atoms with van der Waals surface area (Å²) in [6.45, 7) is 4.10. The minimum absolute atomic E-state index is 0.127. The van der Waals surface area contributed by atoms with Gasteiger partial charge in [-0.2, -0.15) is 0 Å². The second-order valence-electron chi connectivity index (χ2n) is 6.50. The zero-order valence-electron chi connectivity index (χ0n) is 13.0. The molecular weight excluding hydrogens is 262 g/mol. The van der Waals surface area contributed by atoms with E-state index in [1.54, 1.807) is 0 Å². The molecule has 116 valence electrons. The number of hydrogen-bond acceptors (Lipinski definition) is 3. The lowest BCUT2D eigenvalue weighted by Crippen LogP contribution is -2.67. The number of aliphatic hydroxyl groups is 1. The molecular formula is C18H27NO2. The van der Waals surface area contributed by atoms with Gasteiger partial charge in [0.2, 0.25) is 0 Å². The predicted molar refractivity (Wildman–Crippen MR) is 84.2 cm³/mol. The Bertz CT molecular complexity index is 453. The van der Waals surface area contributed by atoms with E-state index < -0.39 is 0 Å². The van der Waals surface area contributed by atoms with Crippen molar-refractivity contribution in [3.05, 3.63) is 35.4 Å². The molecule has 2 atom stereocenters. The molecule has 2 unspecified atom stereocenters. The molecule has 1 aromatic carbocycles. The molecule has 3 nitrogen and oxygen atoms in total. The second kappa shape index (κ2) is 6.47. The molecule has 3 rings (SSSR count). The van der Waals surface area contributed by atoms with Crippen LogP contribution in [0.5, 0.6) is 0 Å². The molecule has 2 fully saturated rings. The molecule has 0 aromatic heterocycles. The molecule has 0 amide bonds. The fraction of sp³-hybridized carbons (Fsp3) is 0.667. The van der Waals surface area contributed by atoms with Crippen LogP contribution in [0.1, 0.15) is 43.7 Å². The third-order valence-electron chi connectivity index (χ3n) is 5.45. The largest absolute Gasteiger partial charge is 0.392 e. The molecule has 21 heavy (non-hydrogen) atoms. The highest BCUT2D eigenvalue weighted by Crippen LogP contribution is 2.57. The first-order chi connectivity index (χ1) is 10.3. The van der Waals surface area contributed by atoms with Gasteiger partial charge in [0.15, 0.2) is 0 Å². The van der Waals surface area contributed by atoms with Gasteiger partial charge in [0, 0.05) is 18.1 Å².